The Bertz CT molecular complexity index is 1770. The van der Waals surface area contributed by atoms with Crippen molar-refractivity contribution in [1.82, 2.24) is 0 Å². The molecule has 0 amide bonds. The van der Waals surface area contributed by atoms with Gasteiger partial charge in [-0.2, -0.15) is 0 Å². The van der Waals surface area contributed by atoms with Gasteiger partial charge in [0.1, 0.15) is 0 Å². The van der Waals surface area contributed by atoms with Gasteiger partial charge in [0.05, 0.1) is 0 Å². The summed E-state index contributed by atoms with van der Waals surface area (Å²) in [4.78, 5) is 0. The molecular formula is C39H28Cl2Hf-2. The van der Waals surface area contributed by atoms with Gasteiger partial charge in [-0.3, -0.25) is 0 Å². The first-order valence-corrected chi connectivity index (χ1v) is 15.3. The van der Waals surface area contributed by atoms with E-state index in [1.807, 2.05) is 0 Å². The topological polar surface area (TPSA) is 0 Å². The van der Waals surface area contributed by atoms with Crippen molar-refractivity contribution in [1.29, 1.82) is 0 Å². The Hall–Kier alpha value is -3.62. The van der Waals surface area contributed by atoms with Crippen LogP contribution in [0.25, 0.3) is 43.1 Å². The number of halogens is 2. The van der Waals surface area contributed by atoms with Crippen LogP contribution in [0, 0.1) is 0 Å². The molecule has 0 saturated carbocycles. The zero-order chi connectivity index (χ0) is 27.1. The van der Waals surface area contributed by atoms with Gasteiger partial charge >= 0.3 is 98.9 Å². The second-order valence-corrected chi connectivity index (χ2v) is 11.5. The van der Waals surface area contributed by atoms with Crippen molar-refractivity contribution in [2.24, 2.45) is 0 Å². The van der Waals surface area contributed by atoms with E-state index in [9.17, 15) is 0 Å². The molecule has 0 fully saturated rings. The summed E-state index contributed by atoms with van der Waals surface area (Å²) in [5.74, 6) is 0. The van der Waals surface area contributed by atoms with Crippen molar-refractivity contribution in [3.05, 3.63) is 181 Å². The molecule has 0 N–H and O–H groups in total. The third-order valence-corrected chi connectivity index (χ3v) is 9.24. The van der Waals surface area contributed by atoms with Gasteiger partial charge < -0.3 is 24.8 Å². The van der Waals surface area contributed by atoms with E-state index >= 15 is 0 Å². The van der Waals surface area contributed by atoms with Crippen molar-refractivity contribution in [2.45, 2.75) is 0 Å². The molecule has 0 spiro atoms. The summed E-state index contributed by atoms with van der Waals surface area (Å²) >= 11 is 1.08. The molecule has 3 heteroatoms. The Morgan fingerprint density at radius 1 is 0.333 bits per heavy atom. The quantitative estimate of drug-likeness (QED) is 0.184. The van der Waals surface area contributed by atoms with Gasteiger partial charge in [-0.1, -0.05) is 72.8 Å². The Balaban J connectivity index is 0.000000141. The van der Waals surface area contributed by atoms with Gasteiger partial charge in [-0.15, -0.1) is 79.5 Å². The van der Waals surface area contributed by atoms with Gasteiger partial charge in [0.2, 0.25) is 0 Å². The van der Waals surface area contributed by atoms with Crippen LogP contribution in [0.15, 0.2) is 170 Å². The number of hydrogen-bond acceptors (Lipinski definition) is 0. The molecule has 42 heavy (non-hydrogen) atoms. The monoisotopic (exact) mass is 746 g/mol. The molecule has 0 unspecified atom stereocenters. The summed E-state index contributed by atoms with van der Waals surface area (Å²) in [5.41, 5.74) is 2.70. The molecule has 0 radical (unpaired) electrons. The first-order valence-electron chi connectivity index (χ1n) is 13.5. The van der Waals surface area contributed by atoms with Crippen LogP contribution >= 0.6 is 0 Å². The molecule has 8 aromatic carbocycles. The number of rotatable bonds is 2. The fraction of sp³-hybridized carbons (Fsp3) is 0. The van der Waals surface area contributed by atoms with E-state index in [0.717, 1.165) is 23.9 Å². The molecule has 204 valence electrons. The zero-order valence-electron chi connectivity index (χ0n) is 22.9. The predicted molar refractivity (Wildman–Crippen MR) is 170 cm³/mol. The summed E-state index contributed by atoms with van der Waals surface area (Å²) in [6.45, 7) is 0. The van der Waals surface area contributed by atoms with Crippen LogP contribution in [-0.2, 0) is 23.9 Å². The number of fused-ring (bicyclic) bond motifs is 6. The van der Waals surface area contributed by atoms with Crippen molar-refractivity contribution in [2.75, 3.05) is 0 Å². The molecule has 0 aliphatic heterocycles. The summed E-state index contributed by atoms with van der Waals surface area (Å²) in [5, 5.41) is 10.8. The first-order chi connectivity index (χ1) is 19.8. The fourth-order valence-electron chi connectivity index (χ4n) is 5.18. The van der Waals surface area contributed by atoms with Crippen LogP contribution in [0.4, 0.5) is 0 Å². The molecule has 0 heterocycles. The third-order valence-electron chi connectivity index (χ3n) is 7.17. The van der Waals surface area contributed by atoms with E-state index in [-0.39, 0.29) is 24.8 Å². The first kappa shape index (κ1) is 31.3. The number of benzene rings is 6. The van der Waals surface area contributed by atoms with E-state index in [2.05, 4.69) is 170 Å². The Kier molecular flexibility index (Phi) is 11.2. The average Bonchev–Trinajstić information content (AvgIpc) is 3.61. The molecule has 8 aromatic rings. The SMILES string of the molecule is [Cl-].[Cl-].[Hf+2]=[C](c1ccccc1)c1ccccc1.c1ccc2c(c1)[cH-]c1ccccc12.c1ccc2c(c1)[cH-]c1ccccc12. The maximum atomic E-state index is 2.24. The Morgan fingerprint density at radius 2 is 0.571 bits per heavy atom. The fourth-order valence-corrected chi connectivity index (χ4v) is 6.38. The maximum Gasteiger partial charge on any atom is -0.0771 e. The van der Waals surface area contributed by atoms with E-state index in [1.54, 1.807) is 0 Å². The maximum absolute atomic E-state index is 2.24. The van der Waals surface area contributed by atoms with E-state index in [4.69, 9.17) is 0 Å². The minimum absolute atomic E-state index is 0. The van der Waals surface area contributed by atoms with Crippen molar-refractivity contribution >= 4 is 46.3 Å². The van der Waals surface area contributed by atoms with Crippen molar-refractivity contribution in [3.8, 4) is 0 Å². The zero-order valence-corrected chi connectivity index (χ0v) is 28.0. The molecule has 8 rings (SSSR count). The van der Waals surface area contributed by atoms with Gasteiger partial charge in [0.15, 0.2) is 0 Å². The summed E-state index contributed by atoms with van der Waals surface area (Å²) in [7, 11) is 0. The van der Waals surface area contributed by atoms with E-state index in [0.29, 0.717) is 0 Å². The standard InChI is InChI=1S/2C13H9.C13H10.2ClH.Hf/c2*1-3-7-12-10(5-1)9-11-6-2-4-8-13(11)12;1-3-7-12(8-4-1)11-13-9-5-2-6-10-13;;;/h2*1-9H;1-10H;2*1H;/q2*-1;;;;+2/p-2. The molecular weight excluding hydrogens is 718 g/mol. The second kappa shape index (κ2) is 15.0. The van der Waals surface area contributed by atoms with Crippen molar-refractivity contribution in [3.63, 3.8) is 0 Å². The molecule has 0 aliphatic carbocycles. The minimum Gasteiger partial charge on any atom is -0.126 e. The molecule has 0 aliphatic rings. The molecule has 0 bridgehead atoms. The average molecular weight is 746 g/mol. The smallest absolute Gasteiger partial charge is 0.0771 e. The van der Waals surface area contributed by atoms with Crippen LogP contribution in [0.5, 0.6) is 0 Å². The van der Waals surface area contributed by atoms with Gasteiger partial charge in [0.25, 0.3) is 0 Å². The van der Waals surface area contributed by atoms with Crippen LogP contribution < -0.4 is 24.8 Å². The predicted octanol–water partition coefficient (Wildman–Crippen LogP) is 4.23. The van der Waals surface area contributed by atoms with E-state index < -0.39 is 0 Å². The largest absolute Gasteiger partial charge is 0.126 e. The van der Waals surface area contributed by atoms with E-state index in [1.165, 1.54) is 57.5 Å². The van der Waals surface area contributed by atoms with Gasteiger partial charge in [0, 0.05) is 0 Å². The van der Waals surface area contributed by atoms with Crippen LogP contribution in [0.2, 0.25) is 0 Å². The Labute approximate surface area is 274 Å². The minimum atomic E-state index is 0. The van der Waals surface area contributed by atoms with Crippen LogP contribution in [-0.4, -0.2) is 3.26 Å². The van der Waals surface area contributed by atoms with Gasteiger partial charge in [-0.05, 0) is 0 Å². The molecule has 0 aromatic heterocycles. The van der Waals surface area contributed by atoms with Gasteiger partial charge in [-0.25, -0.2) is 0 Å². The molecule has 0 nitrogen and oxygen atoms in total. The second-order valence-electron chi connectivity index (χ2n) is 9.74. The normalized spacial score (nSPS) is 10.1. The summed E-state index contributed by atoms with van der Waals surface area (Å²) in [6, 6.07) is 59.7. The van der Waals surface area contributed by atoms with Crippen molar-refractivity contribution < 1.29 is 48.7 Å². The Morgan fingerprint density at radius 3 is 0.857 bits per heavy atom. The summed E-state index contributed by atoms with van der Waals surface area (Å²) in [6.07, 6.45) is 0. The molecule has 0 atom stereocenters. The van der Waals surface area contributed by atoms with Crippen LogP contribution in [0.3, 0.4) is 0 Å². The number of hydrogen-bond donors (Lipinski definition) is 0. The van der Waals surface area contributed by atoms with Crippen LogP contribution in [0.1, 0.15) is 11.1 Å². The summed E-state index contributed by atoms with van der Waals surface area (Å²) < 4.78 is 1.46. The molecule has 0 saturated heterocycles. The third kappa shape index (κ3) is 7.05.